The number of amides is 1. The van der Waals surface area contributed by atoms with Crippen LogP contribution in [0.25, 0.3) is 0 Å². The second-order valence-electron chi connectivity index (χ2n) is 4.86. The van der Waals surface area contributed by atoms with Gasteiger partial charge in [0.2, 0.25) is 5.91 Å². The molecule has 5 nitrogen and oxygen atoms in total. The molecular weight excluding hydrogens is 220 g/mol. The molecule has 1 aliphatic heterocycles. The maximum atomic E-state index is 12.0. The highest BCUT2D eigenvalue weighted by atomic mass is 16.5. The molecule has 1 aliphatic carbocycles. The number of nitrogens with one attached hydrogen (secondary N) is 1. The Labute approximate surface area is 101 Å². The summed E-state index contributed by atoms with van der Waals surface area (Å²) in [7, 11) is 0. The molecule has 96 valence electrons. The number of carbonyl (C=O) groups excluding carboxylic acids is 2. The van der Waals surface area contributed by atoms with Crippen molar-refractivity contribution in [1.29, 1.82) is 0 Å². The smallest absolute Gasteiger partial charge is 0.239 e. The average molecular weight is 240 g/mol. The van der Waals surface area contributed by atoms with Crippen LogP contribution in [-0.4, -0.2) is 55.0 Å². The van der Waals surface area contributed by atoms with E-state index in [0.29, 0.717) is 32.2 Å². The van der Waals surface area contributed by atoms with Gasteiger partial charge in [0.25, 0.3) is 0 Å². The number of ketones is 1. The van der Waals surface area contributed by atoms with E-state index in [-0.39, 0.29) is 17.7 Å². The summed E-state index contributed by atoms with van der Waals surface area (Å²) in [5, 5.41) is 3.00. The van der Waals surface area contributed by atoms with E-state index in [0.717, 1.165) is 19.4 Å². The second kappa shape index (κ2) is 5.60. The molecule has 2 fully saturated rings. The normalized spacial score (nSPS) is 25.6. The van der Waals surface area contributed by atoms with Crippen molar-refractivity contribution in [1.82, 2.24) is 10.2 Å². The lowest BCUT2D eigenvalue weighted by atomic mass is 10.2. The van der Waals surface area contributed by atoms with Gasteiger partial charge in [0.1, 0.15) is 11.8 Å². The Balaban J connectivity index is 1.85. The summed E-state index contributed by atoms with van der Waals surface area (Å²) >= 11 is 0. The predicted molar refractivity (Wildman–Crippen MR) is 62.6 cm³/mol. The van der Waals surface area contributed by atoms with E-state index in [1.54, 1.807) is 6.92 Å². The van der Waals surface area contributed by atoms with Crippen LogP contribution in [0.2, 0.25) is 0 Å². The number of hydrogen-bond donors (Lipinski definition) is 1. The zero-order valence-electron chi connectivity index (χ0n) is 10.3. The van der Waals surface area contributed by atoms with Gasteiger partial charge in [0.15, 0.2) is 0 Å². The summed E-state index contributed by atoms with van der Waals surface area (Å²) in [6, 6.07) is 0.155. The molecule has 2 aliphatic rings. The zero-order valence-corrected chi connectivity index (χ0v) is 10.3. The van der Waals surface area contributed by atoms with Crippen molar-refractivity contribution in [2.45, 2.75) is 38.3 Å². The molecule has 1 saturated carbocycles. The van der Waals surface area contributed by atoms with Crippen LogP contribution >= 0.6 is 0 Å². The quantitative estimate of drug-likeness (QED) is 0.731. The lowest BCUT2D eigenvalue weighted by Crippen LogP contribution is -2.54. The Morgan fingerprint density at radius 3 is 2.82 bits per heavy atom. The van der Waals surface area contributed by atoms with Gasteiger partial charge in [0, 0.05) is 25.6 Å². The molecule has 1 saturated heterocycles. The van der Waals surface area contributed by atoms with Crippen molar-refractivity contribution < 1.29 is 14.3 Å². The first-order valence-electron chi connectivity index (χ1n) is 6.28. The molecular formula is C12H20N2O3. The highest BCUT2D eigenvalue weighted by molar-refractivity contribution is 5.82. The number of morpholine rings is 1. The largest absolute Gasteiger partial charge is 0.378 e. The van der Waals surface area contributed by atoms with E-state index in [9.17, 15) is 9.59 Å². The first-order chi connectivity index (χ1) is 8.16. The third-order valence-electron chi connectivity index (χ3n) is 3.22. The molecule has 1 unspecified atom stereocenters. The molecule has 2 rings (SSSR count). The lowest BCUT2D eigenvalue weighted by Gasteiger charge is -2.34. The molecule has 1 N–H and O–H groups in total. The summed E-state index contributed by atoms with van der Waals surface area (Å²) in [4.78, 5) is 25.0. The van der Waals surface area contributed by atoms with Crippen molar-refractivity contribution in [3.8, 4) is 0 Å². The lowest BCUT2D eigenvalue weighted by molar-refractivity contribution is -0.133. The molecule has 1 atom stereocenters. The molecule has 0 aromatic carbocycles. The number of carbonyl (C=O) groups is 2. The molecule has 0 spiro atoms. The number of Topliss-reactive ketones (excluding diaryl/α,β-unsaturated/α-hetero) is 1. The van der Waals surface area contributed by atoms with E-state index in [1.165, 1.54) is 0 Å². The minimum atomic E-state index is -0.219. The van der Waals surface area contributed by atoms with Crippen molar-refractivity contribution in [3.05, 3.63) is 0 Å². The standard InChI is InChI=1S/C12H20N2O3/c1-9(15)4-5-14-6-7-17-8-11(14)12(16)13-10-2-3-10/h10-11H,2-8H2,1H3,(H,13,16). The Hall–Kier alpha value is -0.940. The maximum absolute atomic E-state index is 12.0. The maximum Gasteiger partial charge on any atom is 0.239 e. The molecule has 0 aromatic rings. The summed E-state index contributed by atoms with van der Waals surface area (Å²) in [5.74, 6) is 0.216. The van der Waals surface area contributed by atoms with Crippen LogP contribution in [-0.2, 0) is 14.3 Å². The summed E-state index contributed by atoms with van der Waals surface area (Å²) in [6.07, 6.45) is 2.69. The van der Waals surface area contributed by atoms with Gasteiger partial charge >= 0.3 is 0 Å². The fraction of sp³-hybridized carbons (Fsp3) is 0.833. The summed E-state index contributed by atoms with van der Waals surface area (Å²) in [6.45, 7) is 4.05. The third-order valence-corrected chi connectivity index (χ3v) is 3.22. The SMILES string of the molecule is CC(=O)CCN1CCOCC1C(=O)NC1CC1. The van der Waals surface area contributed by atoms with E-state index < -0.39 is 0 Å². The fourth-order valence-corrected chi connectivity index (χ4v) is 1.97. The fourth-order valence-electron chi connectivity index (χ4n) is 1.97. The third kappa shape index (κ3) is 3.78. The molecule has 1 heterocycles. The van der Waals surface area contributed by atoms with E-state index in [4.69, 9.17) is 4.74 Å². The minimum Gasteiger partial charge on any atom is -0.378 e. The number of nitrogens with zero attached hydrogens (tertiary/aromatic N) is 1. The topological polar surface area (TPSA) is 58.6 Å². The van der Waals surface area contributed by atoms with Gasteiger partial charge in [-0.15, -0.1) is 0 Å². The van der Waals surface area contributed by atoms with E-state index in [1.807, 2.05) is 0 Å². The van der Waals surface area contributed by atoms with Gasteiger partial charge in [-0.05, 0) is 19.8 Å². The number of hydrogen-bond acceptors (Lipinski definition) is 4. The van der Waals surface area contributed by atoms with Gasteiger partial charge in [-0.1, -0.05) is 0 Å². The monoisotopic (exact) mass is 240 g/mol. The van der Waals surface area contributed by atoms with Gasteiger partial charge in [-0.2, -0.15) is 0 Å². The minimum absolute atomic E-state index is 0.0516. The highest BCUT2D eigenvalue weighted by Crippen LogP contribution is 2.19. The van der Waals surface area contributed by atoms with Crippen LogP contribution in [0.15, 0.2) is 0 Å². The predicted octanol–water partition coefficient (Wildman–Crippen LogP) is -0.0551. The van der Waals surface area contributed by atoms with Crippen LogP contribution in [0.3, 0.4) is 0 Å². The Morgan fingerprint density at radius 2 is 2.18 bits per heavy atom. The molecule has 0 aromatic heterocycles. The van der Waals surface area contributed by atoms with Crippen LogP contribution in [0.1, 0.15) is 26.2 Å². The molecule has 1 amide bonds. The van der Waals surface area contributed by atoms with Crippen molar-refractivity contribution in [2.75, 3.05) is 26.3 Å². The highest BCUT2D eigenvalue weighted by Gasteiger charge is 2.32. The van der Waals surface area contributed by atoms with Gasteiger partial charge in [-0.25, -0.2) is 0 Å². The molecule has 0 bridgehead atoms. The van der Waals surface area contributed by atoms with Crippen LogP contribution < -0.4 is 5.32 Å². The van der Waals surface area contributed by atoms with Gasteiger partial charge in [-0.3, -0.25) is 14.5 Å². The van der Waals surface area contributed by atoms with Crippen LogP contribution in [0.5, 0.6) is 0 Å². The van der Waals surface area contributed by atoms with E-state index >= 15 is 0 Å². The second-order valence-corrected chi connectivity index (χ2v) is 4.86. The molecule has 5 heteroatoms. The number of ether oxygens (including phenoxy) is 1. The molecule has 17 heavy (non-hydrogen) atoms. The van der Waals surface area contributed by atoms with Gasteiger partial charge < -0.3 is 10.1 Å². The Morgan fingerprint density at radius 1 is 1.41 bits per heavy atom. The number of rotatable bonds is 5. The van der Waals surface area contributed by atoms with Crippen molar-refractivity contribution in [2.24, 2.45) is 0 Å². The van der Waals surface area contributed by atoms with Crippen LogP contribution in [0, 0.1) is 0 Å². The molecule has 0 radical (unpaired) electrons. The summed E-state index contributed by atoms with van der Waals surface area (Å²) < 4.78 is 5.35. The average Bonchev–Trinajstić information content (AvgIpc) is 3.10. The van der Waals surface area contributed by atoms with Crippen molar-refractivity contribution in [3.63, 3.8) is 0 Å². The Kier molecular flexibility index (Phi) is 4.12. The summed E-state index contributed by atoms with van der Waals surface area (Å²) in [5.41, 5.74) is 0. The van der Waals surface area contributed by atoms with E-state index in [2.05, 4.69) is 10.2 Å². The van der Waals surface area contributed by atoms with Gasteiger partial charge in [0.05, 0.1) is 13.2 Å². The van der Waals surface area contributed by atoms with Crippen molar-refractivity contribution >= 4 is 11.7 Å². The first kappa shape index (κ1) is 12.5. The Bertz CT molecular complexity index is 302. The first-order valence-corrected chi connectivity index (χ1v) is 6.28. The van der Waals surface area contributed by atoms with Crippen LogP contribution in [0.4, 0.5) is 0 Å². The zero-order chi connectivity index (χ0) is 12.3.